The van der Waals surface area contributed by atoms with Crippen molar-refractivity contribution >= 4 is 30.0 Å². The number of methoxy groups -OCH3 is 1. The molecule has 0 spiro atoms. The minimum atomic E-state index is -0.299. The summed E-state index contributed by atoms with van der Waals surface area (Å²) in [7, 11) is 1.39. The molecule has 0 bridgehead atoms. The van der Waals surface area contributed by atoms with E-state index in [2.05, 4.69) is 32.2 Å². The third kappa shape index (κ3) is 4.75. The van der Waals surface area contributed by atoms with Gasteiger partial charge in [-0.1, -0.05) is 38.4 Å². The van der Waals surface area contributed by atoms with E-state index in [4.69, 9.17) is 21.1 Å². The second-order valence-corrected chi connectivity index (χ2v) is 6.75. The van der Waals surface area contributed by atoms with Gasteiger partial charge in [-0.05, 0) is 29.5 Å². The third-order valence-electron chi connectivity index (χ3n) is 4.47. The number of benzene rings is 1. The van der Waals surface area contributed by atoms with E-state index in [9.17, 15) is 4.79 Å². The molecule has 0 saturated carbocycles. The number of carbonyl (C=O) groups excluding carboxylic acids is 1. The Bertz CT molecular complexity index is 549. The van der Waals surface area contributed by atoms with Crippen molar-refractivity contribution in [1.82, 2.24) is 5.32 Å². The van der Waals surface area contributed by atoms with E-state index < -0.39 is 0 Å². The number of nitrogens with one attached hydrogen (secondary N) is 1. The lowest BCUT2D eigenvalue weighted by atomic mass is 9.82. The van der Waals surface area contributed by atoms with Gasteiger partial charge in [0.25, 0.3) is 0 Å². The van der Waals surface area contributed by atoms with Crippen molar-refractivity contribution in [1.29, 1.82) is 0 Å². The lowest BCUT2D eigenvalue weighted by molar-refractivity contribution is -0.142. The van der Waals surface area contributed by atoms with Crippen LogP contribution in [0.3, 0.4) is 0 Å². The summed E-state index contributed by atoms with van der Waals surface area (Å²) in [5.41, 5.74) is 1.29. The minimum Gasteiger partial charge on any atom is -0.487 e. The van der Waals surface area contributed by atoms with E-state index in [0.29, 0.717) is 23.7 Å². The molecule has 2 rings (SSSR count). The molecule has 1 aliphatic heterocycles. The topological polar surface area (TPSA) is 47.6 Å². The van der Waals surface area contributed by atoms with Crippen molar-refractivity contribution in [2.75, 3.05) is 13.7 Å². The van der Waals surface area contributed by atoms with Crippen LogP contribution < -0.4 is 10.1 Å². The van der Waals surface area contributed by atoms with Crippen LogP contribution >= 0.6 is 24.0 Å². The van der Waals surface area contributed by atoms with Crippen LogP contribution in [-0.4, -0.2) is 31.8 Å². The highest BCUT2D eigenvalue weighted by molar-refractivity contribution is 6.32. The van der Waals surface area contributed by atoms with Crippen LogP contribution in [0.1, 0.15) is 39.2 Å². The number of rotatable bonds is 5. The average Bonchev–Trinajstić information content (AvgIpc) is 2.97. The van der Waals surface area contributed by atoms with Gasteiger partial charge in [0.05, 0.1) is 12.1 Å². The largest absolute Gasteiger partial charge is 0.487 e. The van der Waals surface area contributed by atoms with Gasteiger partial charge in [-0.15, -0.1) is 12.4 Å². The second kappa shape index (κ2) is 8.22. The molecule has 0 unspecified atom stereocenters. The molecule has 0 aliphatic carbocycles. The first-order chi connectivity index (χ1) is 10.4. The molecule has 1 saturated heterocycles. The standard InChI is InChI=1S/C17H24ClNO3.ClH/c1-5-17(2,3)11-6-7-15(13(18)8-11)22-12-9-14(19-10-12)16(20)21-4;/h6-8,12,14,19H,5,9-10H2,1-4H3;1H/t12-,14-;/m0./s1. The van der Waals surface area contributed by atoms with Crippen LogP contribution in [-0.2, 0) is 14.9 Å². The Morgan fingerprint density at radius 3 is 2.70 bits per heavy atom. The summed E-state index contributed by atoms with van der Waals surface area (Å²) in [6, 6.07) is 5.65. The van der Waals surface area contributed by atoms with Gasteiger partial charge in [0.1, 0.15) is 17.9 Å². The smallest absolute Gasteiger partial charge is 0.323 e. The number of hydrogen-bond acceptors (Lipinski definition) is 4. The first-order valence-electron chi connectivity index (χ1n) is 7.65. The molecule has 1 fully saturated rings. The van der Waals surface area contributed by atoms with E-state index in [0.717, 1.165) is 6.42 Å². The van der Waals surface area contributed by atoms with Crippen LogP contribution in [0.25, 0.3) is 0 Å². The lowest BCUT2D eigenvalue weighted by Gasteiger charge is -2.24. The fourth-order valence-electron chi connectivity index (χ4n) is 2.52. The summed E-state index contributed by atoms with van der Waals surface area (Å²) >= 11 is 6.36. The number of ether oxygens (including phenoxy) is 2. The molecule has 1 aromatic rings. The molecular formula is C17H25Cl2NO3. The molecule has 1 aromatic carbocycles. The first-order valence-corrected chi connectivity index (χ1v) is 8.03. The highest BCUT2D eigenvalue weighted by atomic mass is 35.5. The van der Waals surface area contributed by atoms with Crippen LogP contribution in [0.15, 0.2) is 18.2 Å². The van der Waals surface area contributed by atoms with Crippen LogP contribution in [0.5, 0.6) is 5.75 Å². The van der Waals surface area contributed by atoms with Gasteiger partial charge in [-0.3, -0.25) is 4.79 Å². The number of esters is 1. The fraction of sp³-hybridized carbons (Fsp3) is 0.588. The highest BCUT2D eigenvalue weighted by Gasteiger charge is 2.31. The van der Waals surface area contributed by atoms with Crippen LogP contribution in [0.2, 0.25) is 5.02 Å². The Morgan fingerprint density at radius 1 is 1.43 bits per heavy atom. The van der Waals surface area contributed by atoms with Gasteiger partial charge in [0.15, 0.2) is 0 Å². The Labute approximate surface area is 149 Å². The van der Waals surface area contributed by atoms with Crippen molar-refractivity contribution in [2.24, 2.45) is 0 Å². The van der Waals surface area contributed by atoms with Gasteiger partial charge in [0, 0.05) is 13.0 Å². The molecule has 2 atom stereocenters. The van der Waals surface area contributed by atoms with E-state index >= 15 is 0 Å². The van der Waals surface area contributed by atoms with Crippen molar-refractivity contribution < 1.29 is 14.3 Å². The number of hydrogen-bond donors (Lipinski definition) is 1. The predicted molar refractivity (Wildman–Crippen MR) is 94.9 cm³/mol. The van der Waals surface area contributed by atoms with E-state index in [1.165, 1.54) is 12.7 Å². The molecule has 23 heavy (non-hydrogen) atoms. The Hall–Kier alpha value is -0.970. The minimum absolute atomic E-state index is 0. The Morgan fingerprint density at radius 2 is 2.13 bits per heavy atom. The monoisotopic (exact) mass is 361 g/mol. The summed E-state index contributed by atoms with van der Waals surface area (Å²) in [4.78, 5) is 11.5. The lowest BCUT2D eigenvalue weighted by Crippen LogP contribution is -2.31. The van der Waals surface area contributed by atoms with Crippen LogP contribution in [0, 0.1) is 0 Å². The average molecular weight is 362 g/mol. The van der Waals surface area contributed by atoms with Crippen molar-refractivity contribution in [3.05, 3.63) is 28.8 Å². The van der Waals surface area contributed by atoms with E-state index in [1.54, 1.807) is 0 Å². The zero-order valence-electron chi connectivity index (χ0n) is 14.0. The third-order valence-corrected chi connectivity index (χ3v) is 4.76. The summed E-state index contributed by atoms with van der Waals surface area (Å²) < 4.78 is 10.7. The molecule has 0 amide bonds. The molecule has 4 nitrogen and oxygen atoms in total. The molecule has 0 radical (unpaired) electrons. The molecular weight excluding hydrogens is 337 g/mol. The Kier molecular flexibility index (Phi) is 7.18. The van der Waals surface area contributed by atoms with Gasteiger partial charge in [-0.25, -0.2) is 0 Å². The van der Waals surface area contributed by atoms with E-state index in [1.807, 2.05) is 12.1 Å². The second-order valence-electron chi connectivity index (χ2n) is 6.34. The maximum Gasteiger partial charge on any atom is 0.323 e. The van der Waals surface area contributed by atoms with Gasteiger partial charge >= 0.3 is 5.97 Å². The Balaban J connectivity index is 0.00000264. The molecule has 130 valence electrons. The maximum atomic E-state index is 11.5. The zero-order valence-corrected chi connectivity index (χ0v) is 15.6. The number of halogens is 2. The quantitative estimate of drug-likeness (QED) is 0.811. The normalized spacial score (nSPS) is 20.7. The summed E-state index contributed by atoms with van der Waals surface area (Å²) in [5.74, 6) is 0.409. The summed E-state index contributed by atoms with van der Waals surface area (Å²) in [6.45, 7) is 7.16. The SMILES string of the molecule is CCC(C)(C)c1ccc(O[C@@H]2CN[C@H](C(=O)OC)C2)c(Cl)c1.Cl. The molecule has 0 aromatic heterocycles. The molecule has 1 N–H and O–H groups in total. The van der Waals surface area contributed by atoms with Gasteiger partial charge in [-0.2, -0.15) is 0 Å². The van der Waals surface area contributed by atoms with Gasteiger partial charge < -0.3 is 14.8 Å². The summed E-state index contributed by atoms with van der Waals surface area (Å²) in [6.07, 6.45) is 1.55. The molecule has 1 heterocycles. The van der Waals surface area contributed by atoms with Crippen molar-refractivity contribution in [2.45, 2.75) is 51.2 Å². The molecule has 1 aliphatic rings. The van der Waals surface area contributed by atoms with Crippen molar-refractivity contribution in [3.8, 4) is 5.75 Å². The van der Waals surface area contributed by atoms with Crippen LogP contribution in [0.4, 0.5) is 0 Å². The fourth-order valence-corrected chi connectivity index (χ4v) is 2.74. The summed E-state index contributed by atoms with van der Waals surface area (Å²) in [5, 5.41) is 3.71. The van der Waals surface area contributed by atoms with E-state index in [-0.39, 0.29) is 35.9 Å². The zero-order chi connectivity index (χ0) is 16.3. The number of carbonyl (C=O) groups is 1. The van der Waals surface area contributed by atoms with Crippen molar-refractivity contribution in [3.63, 3.8) is 0 Å². The first kappa shape index (κ1) is 20.1. The predicted octanol–water partition coefficient (Wildman–Crippen LogP) is 3.73. The highest BCUT2D eigenvalue weighted by Crippen LogP contribution is 2.34. The maximum absolute atomic E-state index is 11.5. The van der Waals surface area contributed by atoms with Gasteiger partial charge in [0.2, 0.25) is 0 Å². The molecule has 6 heteroatoms.